The van der Waals surface area contributed by atoms with Crippen LogP contribution in [0.2, 0.25) is 0 Å². The van der Waals surface area contributed by atoms with Crippen molar-refractivity contribution < 1.29 is 14.2 Å². The highest BCUT2D eigenvalue weighted by atomic mass is 19.1. The molecule has 5 heteroatoms. The molecule has 0 bridgehead atoms. The van der Waals surface area contributed by atoms with Gasteiger partial charge in [0.1, 0.15) is 12.4 Å². The number of unbranched alkanes of at least 4 members (excludes halogenated alkanes) is 1. The highest BCUT2D eigenvalue weighted by molar-refractivity contribution is 5.65. The number of hydrogen-bond donors (Lipinski definition) is 1. The van der Waals surface area contributed by atoms with Gasteiger partial charge in [0.25, 0.3) is 0 Å². The van der Waals surface area contributed by atoms with Crippen LogP contribution in [-0.4, -0.2) is 27.8 Å². The zero-order valence-corrected chi connectivity index (χ0v) is 14.4. The fourth-order valence-corrected chi connectivity index (χ4v) is 2.28. The number of hydrogen-bond acceptors (Lipinski definition) is 4. The van der Waals surface area contributed by atoms with Crippen LogP contribution in [0.1, 0.15) is 31.7 Å². The maximum absolute atomic E-state index is 14.4. The topological polar surface area (TPSA) is 55.2 Å². The summed E-state index contributed by atoms with van der Waals surface area (Å²) in [5.41, 5.74) is 1.84. The van der Waals surface area contributed by atoms with E-state index in [1.807, 2.05) is 18.2 Å². The molecule has 0 radical (unpaired) electrons. The Labute approximate surface area is 147 Å². The summed E-state index contributed by atoms with van der Waals surface area (Å²) in [7, 11) is 0. The molecule has 0 aliphatic rings. The molecular weight excluding hydrogens is 319 g/mol. The van der Waals surface area contributed by atoms with Crippen molar-refractivity contribution in [3.05, 3.63) is 60.7 Å². The van der Waals surface area contributed by atoms with Crippen LogP contribution in [-0.2, 0) is 0 Å². The molecule has 0 spiro atoms. The molecule has 2 rings (SSSR count). The lowest BCUT2D eigenvalue weighted by Crippen LogP contribution is -1.98. The first-order valence-corrected chi connectivity index (χ1v) is 8.30. The molecule has 0 amide bonds. The Morgan fingerprint density at radius 3 is 2.72 bits per heavy atom. The van der Waals surface area contributed by atoms with E-state index >= 15 is 0 Å². The van der Waals surface area contributed by atoms with Gasteiger partial charge in [-0.15, -0.1) is 0 Å². The van der Waals surface area contributed by atoms with Crippen LogP contribution in [0, 0.1) is 5.82 Å². The smallest absolute Gasteiger partial charge is 0.316 e. The predicted octanol–water partition coefficient (Wildman–Crippen LogP) is 4.41. The summed E-state index contributed by atoms with van der Waals surface area (Å²) in [6.45, 7) is 5.66. The fourth-order valence-electron chi connectivity index (χ4n) is 2.28. The molecule has 0 aliphatic heterocycles. The van der Waals surface area contributed by atoms with Gasteiger partial charge in [0.15, 0.2) is 0 Å². The number of ether oxygens (including phenoxy) is 1. The Morgan fingerprint density at radius 2 is 2.08 bits per heavy atom. The number of allylic oxidation sites excluding steroid dienone is 1. The van der Waals surface area contributed by atoms with E-state index in [1.54, 1.807) is 19.1 Å². The molecule has 0 fully saturated rings. The highest BCUT2D eigenvalue weighted by Gasteiger charge is 2.07. The van der Waals surface area contributed by atoms with E-state index in [2.05, 4.69) is 16.5 Å². The monoisotopic (exact) mass is 342 g/mol. The molecular formula is C20H23FN2O2. The van der Waals surface area contributed by atoms with Crippen LogP contribution >= 0.6 is 0 Å². The lowest BCUT2D eigenvalue weighted by atomic mass is 10.1. The molecule has 0 saturated heterocycles. The van der Waals surface area contributed by atoms with Gasteiger partial charge in [0.2, 0.25) is 0 Å². The van der Waals surface area contributed by atoms with Crippen LogP contribution in [0.4, 0.5) is 4.39 Å². The molecule has 1 aromatic heterocycles. The average Bonchev–Trinajstić information content (AvgIpc) is 2.60. The molecule has 1 heterocycles. The molecule has 4 nitrogen and oxygen atoms in total. The maximum Gasteiger partial charge on any atom is 0.316 e. The first-order valence-electron chi connectivity index (χ1n) is 8.30. The number of aliphatic hydroxyl groups excluding tert-OH is 1. The number of rotatable bonds is 9. The molecule has 2 aromatic rings. The summed E-state index contributed by atoms with van der Waals surface area (Å²) in [6.07, 6.45) is 10.8. The van der Waals surface area contributed by atoms with Crippen molar-refractivity contribution in [2.24, 2.45) is 0 Å². The normalized spacial score (nSPS) is 12.3. The Morgan fingerprint density at radius 1 is 1.32 bits per heavy atom. The molecule has 132 valence electrons. The second-order valence-electron chi connectivity index (χ2n) is 5.78. The third kappa shape index (κ3) is 6.12. The maximum atomic E-state index is 14.4. The third-order valence-corrected chi connectivity index (χ3v) is 3.57. The largest absolute Gasteiger partial charge is 0.459 e. The van der Waals surface area contributed by atoms with Gasteiger partial charge in [-0.1, -0.05) is 36.9 Å². The summed E-state index contributed by atoms with van der Waals surface area (Å²) < 4.78 is 19.6. The van der Waals surface area contributed by atoms with Gasteiger partial charge < -0.3 is 9.84 Å². The first kappa shape index (κ1) is 18.8. The SMILES string of the molecule is C=CCOc1ncc(-c2ccc(C=CCCCC(C)O)cc2F)cn1. The van der Waals surface area contributed by atoms with Gasteiger partial charge in [-0.05, 0) is 37.8 Å². The van der Waals surface area contributed by atoms with Crippen LogP contribution in [0.3, 0.4) is 0 Å². The molecule has 1 aromatic carbocycles. The lowest BCUT2D eigenvalue weighted by Gasteiger charge is -2.05. The molecule has 0 saturated carbocycles. The zero-order chi connectivity index (χ0) is 18.1. The zero-order valence-electron chi connectivity index (χ0n) is 14.4. The van der Waals surface area contributed by atoms with Crippen molar-refractivity contribution in [2.45, 2.75) is 32.3 Å². The van der Waals surface area contributed by atoms with Crippen molar-refractivity contribution in [3.8, 4) is 17.1 Å². The molecule has 25 heavy (non-hydrogen) atoms. The van der Waals surface area contributed by atoms with E-state index < -0.39 is 0 Å². The van der Waals surface area contributed by atoms with E-state index in [0.717, 1.165) is 24.8 Å². The number of aromatic nitrogens is 2. The first-order chi connectivity index (χ1) is 12.1. The molecule has 1 atom stereocenters. The predicted molar refractivity (Wildman–Crippen MR) is 97.7 cm³/mol. The van der Waals surface area contributed by atoms with E-state index in [9.17, 15) is 9.50 Å². The van der Waals surface area contributed by atoms with Crippen LogP contribution < -0.4 is 4.74 Å². The summed E-state index contributed by atoms with van der Waals surface area (Å²) in [6, 6.07) is 5.29. The Bertz CT molecular complexity index is 712. The minimum atomic E-state index is -0.325. The van der Waals surface area contributed by atoms with Gasteiger partial charge in [-0.2, -0.15) is 0 Å². The third-order valence-electron chi connectivity index (χ3n) is 3.57. The summed E-state index contributed by atoms with van der Waals surface area (Å²) in [5.74, 6) is -0.325. The van der Waals surface area contributed by atoms with E-state index in [0.29, 0.717) is 17.7 Å². The van der Waals surface area contributed by atoms with E-state index in [1.165, 1.54) is 18.5 Å². The van der Waals surface area contributed by atoms with Gasteiger partial charge in [-0.3, -0.25) is 0 Å². The van der Waals surface area contributed by atoms with Crippen molar-refractivity contribution in [1.29, 1.82) is 0 Å². The second kappa shape index (κ2) is 9.69. The van der Waals surface area contributed by atoms with Crippen molar-refractivity contribution in [3.63, 3.8) is 0 Å². The molecule has 0 aliphatic carbocycles. The number of halogens is 1. The van der Waals surface area contributed by atoms with E-state index in [-0.39, 0.29) is 17.9 Å². The number of benzene rings is 1. The minimum Gasteiger partial charge on any atom is -0.459 e. The fraction of sp³-hybridized carbons (Fsp3) is 0.300. The Balaban J connectivity index is 2.01. The minimum absolute atomic E-state index is 0.237. The summed E-state index contributed by atoms with van der Waals surface area (Å²) >= 11 is 0. The van der Waals surface area contributed by atoms with Crippen LogP contribution in [0.25, 0.3) is 17.2 Å². The van der Waals surface area contributed by atoms with Gasteiger partial charge >= 0.3 is 6.01 Å². The Hall–Kier alpha value is -2.53. The Kier molecular flexibility index (Phi) is 7.29. The standard InChI is InChI=1S/C20H23FN2O2/c1-3-11-25-20-22-13-17(14-23-20)18-10-9-16(12-19(18)21)8-6-4-5-7-15(2)24/h3,6,8-10,12-15,24H,1,4-5,7,11H2,2H3. The quantitative estimate of drug-likeness (QED) is 0.542. The van der Waals surface area contributed by atoms with Gasteiger partial charge in [0.05, 0.1) is 6.10 Å². The van der Waals surface area contributed by atoms with Crippen LogP contribution in [0.5, 0.6) is 6.01 Å². The highest BCUT2D eigenvalue weighted by Crippen LogP contribution is 2.23. The summed E-state index contributed by atoms with van der Waals surface area (Å²) in [5, 5.41) is 9.21. The van der Waals surface area contributed by atoms with Crippen molar-refractivity contribution in [1.82, 2.24) is 9.97 Å². The number of aliphatic hydroxyl groups is 1. The van der Waals surface area contributed by atoms with Crippen LogP contribution in [0.15, 0.2) is 49.3 Å². The number of nitrogens with zero attached hydrogens (tertiary/aromatic N) is 2. The van der Waals surface area contributed by atoms with Crippen molar-refractivity contribution in [2.75, 3.05) is 6.61 Å². The lowest BCUT2D eigenvalue weighted by molar-refractivity contribution is 0.182. The van der Waals surface area contributed by atoms with Gasteiger partial charge in [0, 0.05) is 23.5 Å². The van der Waals surface area contributed by atoms with Gasteiger partial charge in [-0.25, -0.2) is 14.4 Å². The second-order valence-corrected chi connectivity index (χ2v) is 5.78. The average molecular weight is 342 g/mol. The molecule has 1 unspecified atom stereocenters. The van der Waals surface area contributed by atoms with Crippen molar-refractivity contribution >= 4 is 6.08 Å². The summed E-state index contributed by atoms with van der Waals surface area (Å²) in [4.78, 5) is 8.12. The van der Waals surface area contributed by atoms with E-state index in [4.69, 9.17) is 4.74 Å². The molecule has 1 N–H and O–H groups in total.